The quantitative estimate of drug-likeness (QED) is 0.264. The Kier molecular flexibility index (Phi) is 6.86. The van der Waals surface area contributed by atoms with E-state index < -0.39 is 11.6 Å². The average Bonchev–Trinajstić information content (AvgIpc) is 3.39. The van der Waals surface area contributed by atoms with Crippen LogP contribution in [0.4, 0.5) is 31.5 Å². The van der Waals surface area contributed by atoms with Crippen molar-refractivity contribution in [2.45, 2.75) is 43.7 Å². The van der Waals surface area contributed by atoms with E-state index in [1.165, 1.54) is 17.7 Å². The zero-order valence-corrected chi connectivity index (χ0v) is 21.9. The second-order valence-corrected chi connectivity index (χ2v) is 10.8. The molecule has 2 aliphatic rings. The molecule has 4 nitrogen and oxygen atoms in total. The largest absolute Gasteiger partial charge is 0.399 e. The number of piperidine rings is 1. The number of nitrogen functional groups attached to an aromatic ring is 2. The Morgan fingerprint density at radius 3 is 1.56 bits per heavy atom. The summed E-state index contributed by atoms with van der Waals surface area (Å²) < 4.78 is 31.6. The van der Waals surface area contributed by atoms with Crippen molar-refractivity contribution in [1.82, 2.24) is 0 Å². The van der Waals surface area contributed by atoms with Gasteiger partial charge in [-0.25, -0.2) is 8.78 Å². The van der Waals surface area contributed by atoms with Crippen LogP contribution in [0.5, 0.6) is 0 Å². The monoisotopic (exact) mass is 524 g/mol. The molecule has 4 aromatic rings. The summed E-state index contributed by atoms with van der Waals surface area (Å²) in [5, 5.41) is 0. The maximum absolute atomic E-state index is 15.8. The van der Waals surface area contributed by atoms with Crippen molar-refractivity contribution in [1.29, 1.82) is 0 Å². The van der Waals surface area contributed by atoms with Crippen molar-refractivity contribution in [2.75, 3.05) is 34.4 Å². The molecular weight excluding hydrogens is 490 g/mol. The molecule has 4 N–H and O–H groups in total. The number of anilines is 4. The Balaban J connectivity index is 1.31. The number of hydrogen-bond acceptors (Lipinski definition) is 4. The maximum Gasteiger partial charge on any atom is 0.151 e. The third kappa shape index (κ3) is 5.03. The van der Waals surface area contributed by atoms with E-state index in [0.29, 0.717) is 36.1 Å². The van der Waals surface area contributed by atoms with Gasteiger partial charge < -0.3 is 21.3 Å². The van der Waals surface area contributed by atoms with Gasteiger partial charge >= 0.3 is 0 Å². The van der Waals surface area contributed by atoms with Gasteiger partial charge in [0.05, 0.1) is 12.1 Å². The Morgan fingerprint density at radius 2 is 1.08 bits per heavy atom. The molecule has 4 aromatic carbocycles. The second-order valence-electron chi connectivity index (χ2n) is 10.8. The van der Waals surface area contributed by atoms with Crippen LogP contribution in [0.3, 0.4) is 0 Å². The highest BCUT2D eigenvalue weighted by molar-refractivity contribution is 5.62. The first kappa shape index (κ1) is 25.2. The highest BCUT2D eigenvalue weighted by atomic mass is 19.1. The predicted octanol–water partition coefficient (Wildman–Crippen LogP) is 7.60. The van der Waals surface area contributed by atoms with Crippen LogP contribution in [-0.2, 0) is 0 Å². The molecule has 2 atom stereocenters. The molecule has 200 valence electrons. The highest BCUT2D eigenvalue weighted by Crippen LogP contribution is 2.48. The van der Waals surface area contributed by atoms with Gasteiger partial charge in [-0.2, -0.15) is 0 Å². The number of nitrogens with zero attached hydrogens (tertiary/aromatic N) is 2. The van der Waals surface area contributed by atoms with Crippen LogP contribution in [0.25, 0.3) is 0 Å². The number of benzene rings is 4. The van der Waals surface area contributed by atoms with Gasteiger partial charge in [-0.15, -0.1) is 0 Å². The average molecular weight is 525 g/mol. The van der Waals surface area contributed by atoms with Crippen LogP contribution in [-0.4, -0.2) is 13.1 Å². The number of nitrogens with two attached hydrogens (primary N) is 2. The van der Waals surface area contributed by atoms with E-state index in [1.807, 2.05) is 71.6 Å². The van der Waals surface area contributed by atoms with Crippen LogP contribution in [0.15, 0.2) is 91.0 Å². The van der Waals surface area contributed by atoms with E-state index >= 15 is 8.78 Å². The van der Waals surface area contributed by atoms with Crippen LogP contribution in [0.2, 0.25) is 0 Å². The molecule has 0 radical (unpaired) electrons. The van der Waals surface area contributed by atoms with E-state index in [9.17, 15) is 0 Å². The van der Waals surface area contributed by atoms with Crippen molar-refractivity contribution in [3.8, 4) is 0 Å². The fourth-order valence-corrected chi connectivity index (χ4v) is 6.43. The summed E-state index contributed by atoms with van der Waals surface area (Å²) in [6.07, 6.45) is 3.46. The molecule has 2 saturated heterocycles. The van der Waals surface area contributed by atoms with Gasteiger partial charge in [0.25, 0.3) is 0 Å². The summed E-state index contributed by atoms with van der Waals surface area (Å²) in [6.45, 7) is 1.25. The van der Waals surface area contributed by atoms with E-state index in [-0.39, 0.29) is 17.8 Å². The maximum atomic E-state index is 15.8. The topological polar surface area (TPSA) is 58.5 Å². The molecule has 0 amide bonds. The lowest BCUT2D eigenvalue weighted by Crippen LogP contribution is -2.34. The lowest BCUT2D eigenvalue weighted by molar-refractivity contribution is 0.486. The van der Waals surface area contributed by atoms with E-state index in [2.05, 4.69) is 17.0 Å². The molecule has 6 heteroatoms. The molecular formula is C33H34F2N4. The summed E-state index contributed by atoms with van der Waals surface area (Å²) in [7, 11) is 0. The molecule has 0 aliphatic carbocycles. The fraction of sp³-hybridized carbons (Fsp3) is 0.273. The summed E-state index contributed by atoms with van der Waals surface area (Å²) in [4.78, 5) is 4.03. The van der Waals surface area contributed by atoms with E-state index in [1.54, 1.807) is 0 Å². The number of halogens is 2. The molecule has 2 aliphatic heterocycles. The normalized spacial score (nSPS) is 19.9. The second kappa shape index (κ2) is 10.6. The smallest absolute Gasteiger partial charge is 0.151 e. The van der Waals surface area contributed by atoms with Crippen LogP contribution in [0.1, 0.15) is 60.4 Å². The van der Waals surface area contributed by atoms with Crippen LogP contribution in [0, 0.1) is 11.6 Å². The summed E-state index contributed by atoms with van der Waals surface area (Å²) in [5.41, 5.74) is 17.4. The summed E-state index contributed by atoms with van der Waals surface area (Å²) >= 11 is 0. The Labute approximate surface area is 228 Å². The highest BCUT2D eigenvalue weighted by Gasteiger charge is 2.37. The van der Waals surface area contributed by atoms with Crippen LogP contribution < -0.4 is 21.3 Å². The SMILES string of the molecule is Nc1ccc(C2CCC(c3ccc(N)cc3)N2c2cc(F)c(N3CCC(c4ccccc4)CC3)c(F)c2)cc1. The molecule has 39 heavy (non-hydrogen) atoms. The van der Waals surface area contributed by atoms with Crippen molar-refractivity contribution >= 4 is 22.7 Å². The number of hydrogen-bond donors (Lipinski definition) is 2. The molecule has 2 heterocycles. The first-order chi connectivity index (χ1) is 19.0. The predicted molar refractivity (Wildman–Crippen MR) is 156 cm³/mol. The minimum absolute atomic E-state index is 0.0283. The first-order valence-corrected chi connectivity index (χ1v) is 13.8. The Bertz CT molecular complexity index is 1340. The Hall–Kier alpha value is -4.06. The van der Waals surface area contributed by atoms with E-state index in [0.717, 1.165) is 36.8 Å². The minimum atomic E-state index is -0.512. The third-order valence-electron chi connectivity index (χ3n) is 8.41. The molecule has 6 rings (SSSR count). The first-order valence-electron chi connectivity index (χ1n) is 13.8. The van der Waals surface area contributed by atoms with Gasteiger partial charge in [0.2, 0.25) is 0 Å². The molecule has 0 spiro atoms. The molecule has 0 saturated carbocycles. The molecule has 0 bridgehead atoms. The lowest BCUT2D eigenvalue weighted by Gasteiger charge is -2.36. The standard InChI is InChI=1S/C33H34F2N4/c34-29-20-28(21-30(35)33(29)38-18-16-23(17-19-38)22-4-2-1-3-5-22)39-31(24-6-10-26(36)11-7-24)14-15-32(39)25-8-12-27(37)13-9-25/h1-13,20-21,23,31-32H,14-19,36-37H2. The summed E-state index contributed by atoms with van der Waals surface area (Å²) in [6, 6.07) is 28.9. The minimum Gasteiger partial charge on any atom is -0.399 e. The lowest BCUT2D eigenvalue weighted by atomic mass is 9.89. The third-order valence-corrected chi connectivity index (χ3v) is 8.41. The van der Waals surface area contributed by atoms with Crippen molar-refractivity contribution in [3.63, 3.8) is 0 Å². The van der Waals surface area contributed by atoms with Crippen LogP contribution >= 0.6 is 0 Å². The number of rotatable bonds is 5. The van der Waals surface area contributed by atoms with Gasteiger partial charge in [-0.1, -0.05) is 54.6 Å². The van der Waals surface area contributed by atoms with Gasteiger partial charge in [0, 0.05) is 30.2 Å². The zero-order valence-electron chi connectivity index (χ0n) is 21.9. The molecule has 0 aromatic heterocycles. The van der Waals surface area contributed by atoms with Crippen molar-refractivity contribution < 1.29 is 8.78 Å². The fourth-order valence-electron chi connectivity index (χ4n) is 6.43. The van der Waals surface area contributed by atoms with Gasteiger partial charge in [-0.05, 0) is 84.7 Å². The van der Waals surface area contributed by atoms with Gasteiger partial charge in [-0.3, -0.25) is 0 Å². The van der Waals surface area contributed by atoms with Gasteiger partial charge in [0.15, 0.2) is 11.6 Å². The summed E-state index contributed by atoms with van der Waals surface area (Å²) in [5.74, 6) is -0.608. The molecule has 2 fully saturated rings. The zero-order chi connectivity index (χ0) is 26.9. The Morgan fingerprint density at radius 1 is 0.590 bits per heavy atom. The van der Waals surface area contributed by atoms with Crippen molar-refractivity contribution in [2.24, 2.45) is 0 Å². The van der Waals surface area contributed by atoms with E-state index in [4.69, 9.17) is 11.5 Å². The van der Waals surface area contributed by atoms with Crippen molar-refractivity contribution in [3.05, 3.63) is 119 Å². The van der Waals surface area contributed by atoms with Gasteiger partial charge in [0.1, 0.15) is 5.69 Å². The molecule has 2 unspecified atom stereocenters.